The van der Waals surface area contributed by atoms with Crippen molar-refractivity contribution in [1.29, 1.82) is 0 Å². The predicted molar refractivity (Wildman–Crippen MR) is 110 cm³/mol. The third-order valence-electron chi connectivity index (χ3n) is 5.45. The number of aliphatic hydroxyl groups excluding tert-OH is 1. The van der Waals surface area contributed by atoms with Gasteiger partial charge >= 0.3 is 0 Å². The van der Waals surface area contributed by atoms with Crippen molar-refractivity contribution in [3.63, 3.8) is 0 Å². The Morgan fingerprint density at radius 1 is 1.07 bits per heavy atom. The lowest BCUT2D eigenvalue weighted by Gasteiger charge is -2.36. The van der Waals surface area contributed by atoms with Gasteiger partial charge in [-0.1, -0.05) is 30.3 Å². The van der Waals surface area contributed by atoms with Crippen molar-refractivity contribution >= 4 is 11.9 Å². The van der Waals surface area contributed by atoms with Gasteiger partial charge in [0.2, 0.25) is 0 Å². The van der Waals surface area contributed by atoms with Crippen LogP contribution < -0.4 is 9.64 Å². The molecule has 27 heavy (non-hydrogen) atoms. The SMILES string of the molecule is C[C@@H]1CCC[C@H](C)[NH+]1C[C@H](O)COc1ccc(N=Cc2ccccc2)cc1. The first-order chi connectivity index (χ1) is 13.1. The highest BCUT2D eigenvalue weighted by molar-refractivity contribution is 5.81. The highest BCUT2D eigenvalue weighted by Crippen LogP contribution is 2.18. The number of nitrogens with one attached hydrogen (secondary N) is 1. The van der Waals surface area contributed by atoms with Gasteiger partial charge in [-0.15, -0.1) is 0 Å². The summed E-state index contributed by atoms with van der Waals surface area (Å²) in [6.45, 7) is 5.65. The van der Waals surface area contributed by atoms with Crippen LogP contribution in [-0.4, -0.2) is 42.7 Å². The minimum absolute atomic E-state index is 0.329. The van der Waals surface area contributed by atoms with Crippen molar-refractivity contribution in [2.45, 2.75) is 51.3 Å². The molecule has 1 saturated heterocycles. The molecule has 2 N–H and O–H groups in total. The molecule has 4 nitrogen and oxygen atoms in total. The number of ether oxygens (including phenoxy) is 1. The van der Waals surface area contributed by atoms with E-state index in [-0.39, 0.29) is 0 Å². The van der Waals surface area contributed by atoms with Crippen LogP contribution in [0.5, 0.6) is 5.75 Å². The van der Waals surface area contributed by atoms with Crippen molar-refractivity contribution in [2.75, 3.05) is 13.2 Å². The van der Waals surface area contributed by atoms with Crippen LogP contribution in [0.25, 0.3) is 0 Å². The maximum atomic E-state index is 10.4. The molecule has 3 rings (SSSR count). The summed E-state index contributed by atoms with van der Waals surface area (Å²) in [5.41, 5.74) is 1.96. The van der Waals surface area contributed by atoms with E-state index in [1.54, 1.807) is 0 Å². The molecule has 1 heterocycles. The number of hydrogen-bond donors (Lipinski definition) is 2. The predicted octanol–water partition coefficient (Wildman–Crippen LogP) is 3.02. The van der Waals surface area contributed by atoms with Gasteiger partial charge < -0.3 is 14.7 Å². The Balaban J connectivity index is 1.47. The number of benzene rings is 2. The monoisotopic (exact) mass is 367 g/mol. The summed E-state index contributed by atoms with van der Waals surface area (Å²) in [7, 11) is 0. The average Bonchev–Trinajstić information content (AvgIpc) is 2.69. The zero-order valence-electron chi connectivity index (χ0n) is 16.3. The molecule has 1 aliphatic heterocycles. The second-order valence-corrected chi connectivity index (χ2v) is 7.64. The largest absolute Gasteiger partial charge is 0.491 e. The topological polar surface area (TPSA) is 46.3 Å². The molecule has 144 valence electrons. The van der Waals surface area contributed by atoms with E-state index < -0.39 is 6.10 Å². The zero-order valence-corrected chi connectivity index (χ0v) is 16.3. The first-order valence-corrected chi connectivity index (χ1v) is 9.97. The molecule has 1 unspecified atom stereocenters. The van der Waals surface area contributed by atoms with Gasteiger partial charge in [-0.25, -0.2) is 0 Å². The van der Waals surface area contributed by atoms with E-state index in [0.29, 0.717) is 18.7 Å². The van der Waals surface area contributed by atoms with Crippen LogP contribution in [-0.2, 0) is 0 Å². The van der Waals surface area contributed by atoms with Gasteiger partial charge in [0, 0.05) is 6.21 Å². The minimum Gasteiger partial charge on any atom is -0.491 e. The number of aliphatic hydroxyl groups is 1. The standard InChI is InChI=1S/C23H30N2O2/c1-18-7-6-8-19(2)25(18)16-22(26)17-27-23-13-11-21(12-14-23)24-15-20-9-4-3-5-10-20/h3-5,9-15,18-19,22,26H,6-8,16-17H2,1-2H3/p+1/t18-,19+,22-/m0/s1. The number of hydrogen-bond acceptors (Lipinski definition) is 3. The van der Waals surface area contributed by atoms with Crippen LogP contribution in [0.2, 0.25) is 0 Å². The number of nitrogens with zero attached hydrogens (tertiary/aromatic N) is 1. The summed E-state index contributed by atoms with van der Waals surface area (Å²) < 4.78 is 5.78. The van der Waals surface area contributed by atoms with E-state index in [4.69, 9.17) is 4.74 Å². The van der Waals surface area contributed by atoms with Crippen LogP contribution in [0.4, 0.5) is 5.69 Å². The molecule has 1 aliphatic rings. The van der Waals surface area contributed by atoms with Crippen molar-refractivity contribution in [2.24, 2.45) is 4.99 Å². The smallest absolute Gasteiger partial charge is 0.137 e. The van der Waals surface area contributed by atoms with Gasteiger partial charge in [0.25, 0.3) is 0 Å². The maximum absolute atomic E-state index is 10.4. The molecule has 0 aromatic heterocycles. The Hall–Kier alpha value is -2.17. The fourth-order valence-corrected chi connectivity index (χ4v) is 3.83. The summed E-state index contributed by atoms with van der Waals surface area (Å²) >= 11 is 0. The molecular formula is C23H31N2O2+. The number of rotatable bonds is 7. The highest BCUT2D eigenvalue weighted by atomic mass is 16.5. The zero-order chi connectivity index (χ0) is 19.1. The van der Waals surface area contributed by atoms with Gasteiger partial charge in [0.15, 0.2) is 0 Å². The lowest BCUT2D eigenvalue weighted by atomic mass is 9.97. The number of quaternary nitrogens is 1. The van der Waals surface area contributed by atoms with E-state index in [9.17, 15) is 5.11 Å². The third-order valence-corrected chi connectivity index (χ3v) is 5.45. The second-order valence-electron chi connectivity index (χ2n) is 7.64. The molecule has 0 bridgehead atoms. The van der Waals surface area contributed by atoms with E-state index >= 15 is 0 Å². The summed E-state index contributed by atoms with van der Waals surface area (Å²) in [5.74, 6) is 0.766. The van der Waals surface area contributed by atoms with E-state index in [2.05, 4.69) is 18.8 Å². The highest BCUT2D eigenvalue weighted by Gasteiger charge is 2.30. The molecule has 4 atom stereocenters. The Kier molecular flexibility index (Phi) is 7.02. The van der Waals surface area contributed by atoms with Gasteiger partial charge in [-0.3, -0.25) is 4.99 Å². The molecule has 0 aliphatic carbocycles. The summed E-state index contributed by atoms with van der Waals surface area (Å²) in [6, 6.07) is 18.9. The molecule has 2 aromatic rings. The lowest BCUT2D eigenvalue weighted by molar-refractivity contribution is -0.954. The third kappa shape index (κ3) is 5.91. The normalized spacial score (nSPS) is 24.0. The van der Waals surface area contributed by atoms with Crippen molar-refractivity contribution in [3.8, 4) is 5.75 Å². The van der Waals surface area contributed by atoms with Gasteiger partial charge in [0.1, 0.15) is 25.0 Å². The van der Waals surface area contributed by atoms with Crippen molar-refractivity contribution in [3.05, 3.63) is 60.2 Å². The van der Waals surface area contributed by atoms with Gasteiger partial charge in [0.05, 0.1) is 17.8 Å². The molecule has 4 heteroatoms. The summed E-state index contributed by atoms with van der Waals surface area (Å²) in [6.07, 6.45) is 5.20. The molecule has 0 spiro atoms. The van der Waals surface area contributed by atoms with Gasteiger partial charge in [-0.05, 0) is 62.9 Å². The van der Waals surface area contributed by atoms with Crippen LogP contribution in [0, 0.1) is 0 Å². The van der Waals surface area contributed by atoms with Crippen molar-refractivity contribution in [1.82, 2.24) is 0 Å². The Morgan fingerprint density at radius 3 is 2.41 bits per heavy atom. The van der Waals surface area contributed by atoms with Crippen molar-refractivity contribution < 1.29 is 14.7 Å². The fourth-order valence-electron chi connectivity index (χ4n) is 3.83. The lowest BCUT2D eigenvalue weighted by Crippen LogP contribution is -3.20. The second kappa shape index (κ2) is 9.67. The Morgan fingerprint density at radius 2 is 1.74 bits per heavy atom. The first-order valence-electron chi connectivity index (χ1n) is 9.97. The molecule has 0 saturated carbocycles. The van der Waals surface area contributed by atoms with Crippen LogP contribution in [0.1, 0.15) is 38.7 Å². The van der Waals surface area contributed by atoms with E-state index in [0.717, 1.165) is 23.5 Å². The number of aliphatic imine (C=N–C) groups is 1. The fraction of sp³-hybridized carbons (Fsp3) is 0.435. The van der Waals surface area contributed by atoms with Crippen LogP contribution in [0.3, 0.4) is 0 Å². The quantitative estimate of drug-likeness (QED) is 0.739. The molecular weight excluding hydrogens is 336 g/mol. The minimum atomic E-state index is -0.446. The molecule has 0 amide bonds. The molecule has 1 fully saturated rings. The van der Waals surface area contributed by atoms with Crippen LogP contribution >= 0.6 is 0 Å². The van der Waals surface area contributed by atoms with E-state index in [1.165, 1.54) is 24.2 Å². The maximum Gasteiger partial charge on any atom is 0.137 e. The number of likely N-dealkylation sites (tertiary alicyclic amines) is 1. The number of piperidine rings is 1. The Bertz CT molecular complexity index is 705. The van der Waals surface area contributed by atoms with Crippen LogP contribution in [0.15, 0.2) is 59.6 Å². The first kappa shape index (κ1) is 19.6. The van der Waals surface area contributed by atoms with E-state index in [1.807, 2.05) is 60.8 Å². The van der Waals surface area contributed by atoms with Gasteiger partial charge in [-0.2, -0.15) is 0 Å². The molecule has 2 aromatic carbocycles. The molecule has 0 radical (unpaired) electrons. The summed E-state index contributed by atoms with van der Waals surface area (Å²) in [4.78, 5) is 5.98. The summed E-state index contributed by atoms with van der Waals surface area (Å²) in [5, 5.41) is 10.4. The Labute approximate surface area is 162 Å². The average molecular weight is 368 g/mol.